The summed E-state index contributed by atoms with van der Waals surface area (Å²) in [6, 6.07) is 0. The van der Waals surface area contributed by atoms with Crippen molar-refractivity contribution in [2.24, 2.45) is 5.92 Å². The Morgan fingerprint density at radius 2 is 2.24 bits per heavy atom. The molecule has 3 atom stereocenters. The average Bonchev–Trinajstić information content (AvgIpc) is 2.95. The molecule has 0 aromatic carbocycles. The lowest BCUT2D eigenvalue weighted by atomic mass is 9.81. The van der Waals surface area contributed by atoms with E-state index in [2.05, 4.69) is 11.8 Å². The third kappa shape index (κ3) is 3.47. The number of nitrogens with zero attached hydrogens (tertiary/aromatic N) is 1. The number of ketones is 1. The molecule has 0 amide bonds. The normalized spacial score (nSPS) is 38.0. The van der Waals surface area contributed by atoms with Gasteiger partial charge in [0, 0.05) is 38.6 Å². The number of carbonyl (C=O) groups is 1. The molecule has 3 aliphatic rings. The highest BCUT2D eigenvalue weighted by Crippen LogP contribution is 2.36. The van der Waals surface area contributed by atoms with Gasteiger partial charge in [-0.25, -0.2) is 0 Å². The Bertz CT molecular complexity index is 365. The lowest BCUT2D eigenvalue weighted by molar-refractivity contribution is -0.152. The monoisotopic (exact) mass is 297 g/mol. The standard InChI is InChI=1S/C16H27NO4/c1-2-5-17-6-9-20-14(11-17)15(18)13-3-7-21-16(10-13)4-8-19-12-16/h13-14H,2-12H2,1H3. The number of hydrogen-bond acceptors (Lipinski definition) is 5. The molecule has 0 aromatic rings. The van der Waals surface area contributed by atoms with Gasteiger partial charge in [0.2, 0.25) is 0 Å². The van der Waals surface area contributed by atoms with Gasteiger partial charge in [-0.3, -0.25) is 9.69 Å². The van der Waals surface area contributed by atoms with Gasteiger partial charge < -0.3 is 14.2 Å². The van der Waals surface area contributed by atoms with Crippen molar-refractivity contribution in [3.63, 3.8) is 0 Å². The van der Waals surface area contributed by atoms with Crippen molar-refractivity contribution in [3.8, 4) is 0 Å². The molecule has 3 unspecified atom stereocenters. The summed E-state index contributed by atoms with van der Waals surface area (Å²) in [5.74, 6) is 0.359. The quantitative estimate of drug-likeness (QED) is 0.781. The Morgan fingerprint density at radius 3 is 3.00 bits per heavy atom. The second kappa shape index (κ2) is 6.73. The van der Waals surface area contributed by atoms with Crippen molar-refractivity contribution in [2.75, 3.05) is 46.1 Å². The maximum Gasteiger partial charge on any atom is 0.166 e. The van der Waals surface area contributed by atoms with Gasteiger partial charge in [-0.1, -0.05) is 6.92 Å². The van der Waals surface area contributed by atoms with Crippen LogP contribution in [0.1, 0.15) is 32.6 Å². The van der Waals surface area contributed by atoms with Crippen molar-refractivity contribution < 1.29 is 19.0 Å². The molecule has 0 saturated carbocycles. The zero-order valence-corrected chi connectivity index (χ0v) is 13.0. The highest BCUT2D eigenvalue weighted by molar-refractivity contribution is 5.86. The molecule has 5 heteroatoms. The fourth-order valence-electron chi connectivity index (χ4n) is 3.79. The van der Waals surface area contributed by atoms with Crippen LogP contribution in [0, 0.1) is 5.92 Å². The third-order valence-corrected chi connectivity index (χ3v) is 4.97. The highest BCUT2D eigenvalue weighted by atomic mass is 16.6. The van der Waals surface area contributed by atoms with E-state index in [1.54, 1.807) is 0 Å². The van der Waals surface area contributed by atoms with E-state index in [1.165, 1.54) is 0 Å². The number of rotatable bonds is 4. The Labute approximate surface area is 126 Å². The van der Waals surface area contributed by atoms with Gasteiger partial charge in [0.1, 0.15) is 6.10 Å². The van der Waals surface area contributed by atoms with Gasteiger partial charge in [0.05, 0.1) is 18.8 Å². The molecule has 0 N–H and O–H groups in total. The summed E-state index contributed by atoms with van der Waals surface area (Å²) in [7, 11) is 0. The van der Waals surface area contributed by atoms with Gasteiger partial charge in [0.15, 0.2) is 5.78 Å². The second-order valence-corrected chi connectivity index (χ2v) is 6.59. The molecule has 0 aliphatic carbocycles. The first-order valence-corrected chi connectivity index (χ1v) is 8.32. The summed E-state index contributed by atoms with van der Waals surface area (Å²) in [6.07, 6.45) is 3.43. The van der Waals surface area contributed by atoms with Crippen molar-refractivity contribution in [2.45, 2.75) is 44.3 Å². The highest BCUT2D eigenvalue weighted by Gasteiger charge is 2.44. The maximum atomic E-state index is 12.8. The molecule has 120 valence electrons. The van der Waals surface area contributed by atoms with Crippen molar-refractivity contribution in [1.29, 1.82) is 0 Å². The van der Waals surface area contributed by atoms with Crippen LogP contribution in [0.5, 0.6) is 0 Å². The van der Waals surface area contributed by atoms with Crippen LogP contribution in [-0.4, -0.2) is 68.4 Å². The summed E-state index contributed by atoms with van der Waals surface area (Å²) in [6.45, 7) is 7.68. The molecule has 0 bridgehead atoms. The number of Topliss-reactive ketones (excluding diaryl/α,β-unsaturated/α-hetero) is 1. The molecular weight excluding hydrogens is 270 g/mol. The molecular formula is C16H27NO4. The van der Waals surface area contributed by atoms with Crippen LogP contribution in [0.25, 0.3) is 0 Å². The third-order valence-electron chi connectivity index (χ3n) is 4.97. The first kappa shape index (κ1) is 15.4. The van der Waals surface area contributed by atoms with Crippen molar-refractivity contribution in [1.82, 2.24) is 4.90 Å². The van der Waals surface area contributed by atoms with Crippen LogP contribution in [0.2, 0.25) is 0 Å². The second-order valence-electron chi connectivity index (χ2n) is 6.59. The molecule has 5 nitrogen and oxygen atoms in total. The zero-order valence-electron chi connectivity index (χ0n) is 13.0. The number of hydrogen-bond donors (Lipinski definition) is 0. The van der Waals surface area contributed by atoms with Gasteiger partial charge in [-0.2, -0.15) is 0 Å². The van der Waals surface area contributed by atoms with Crippen LogP contribution in [0.4, 0.5) is 0 Å². The molecule has 0 aromatic heterocycles. The van der Waals surface area contributed by atoms with Crippen LogP contribution < -0.4 is 0 Å². The average molecular weight is 297 g/mol. The Hall–Kier alpha value is -0.490. The molecule has 3 saturated heterocycles. The summed E-state index contributed by atoms with van der Waals surface area (Å²) < 4.78 is 17.2. The van der Waals surface area contributed by atoms with Crippen LogP contribution in [0.3, 0.4) is 0 Å². The topological polar surface area (TPSA) is 48.0 Å². The smallest absolute Gasteiger partial charge is 0.166 e. The van der Waals surface area contributed by atoms with E-state index in [1.807, 2.05) is 0 Å². The van der Waals surface area contributed by atoms with E-state index in [9.17, 15) is 4.79 Å². The Kier molecular flexibility index (Phi) is 4.94. The SMILES string of the molecule is CCCN1CCOC(C(=O)C2CCOC3(CCOC3)C2)C1. The Morgan fingerprint density at radius 1 is 1.33 bits per heavy atom. The molecule has 21 heavy (non-hydrogen) atoms. The number of carbonyl (C=O) groups excluding carboxylic acids is 1. The summed E-state index contributed by atoms with van der Waals surface area (Å²) in [4.78, 5) is 15.1. The Balaban J connectivity index is 1.59. The maximum absolute atomic E-state index is 12.8. The largest absolute Gasteiger partial charge is 0.378 e. The summed E-state index contributed by atoms with van der Waals surface area (Å²) in [5, 5.41) is 0. The lowest BCUT2D eigenvalue weighted by Crippen LogP contribution is -2.50. The molecule has 3 fully saturated rings. The minimum absolute atomic E-state index is 0.0760. The van der Waals surface area contributed by atoms with E-state index in [4.69, 9.17) is 14.2 Å². The molecule has 3 aliphatic heterocycles. The van der Waals surface area contributed by atoms with Gasteiger partial charge in [-0.15, -0.1) is 0 Å². The van der Waals surface area contributed by atoms with Crippen molar-refractivity contribution >= 4 is 5.78 Å². The summed E-state index contributed by atoms with van der Waals surface area (Å²) >= 11 is 0. The number of ether oxygens (including phenoxy) is 3. The first-order chi connectivity index (χ1) is 10.2. The van der Waals surface area contributed by atoms with E-state index >= 15 is 0 Å². The van der Waals surface area contributed by atoms with Crippen LogP contribution in [-0.2, 0) is 19.0 Å². The predicted octanol–water partition coefficient (Wildman–Crippen LogP) is 1.25. The molecule has 1 spiro atoms. The zero-order chi connectivity index (χ0) is 14.7. The van der Waals surface area contributed by atoms with Gasteiger partial charge in [0.25, 0.3) is 0 Å². The predicted molar refractivity (Wildman–Crippen MR) is 78.3 cm³/mol. The van der Waals surface area contributed by atoms with E-state index in [-0.39, 0.29) is 23.4 Å². The summed E-state index contributed by atoms with van der Waals surface area (Å²) in [5.41, 5.74) is -0.198. The molecule has 3 heterocycles. The van der Waals surface area contributed by atoms with Gasteiger partial charge >= 0.3 is 0 Å². The molecule has 3 rings (SSSR count). The van der Waals surface area contributed by atoms with E-state index in [0.717, 1.165) is 51.9 Å². The first-order valence-electron chi connectivity index (χ1n) is 8.32. The number of morpholine rings is 1. The lowest BCUT2D eigenvalue weighted by Gasteiger charge is -2.39. The molecule has 0 radical (unpaired) electrons. The minimum Gasteiger partial charge on any atom is -0.378 e. The van der Waals surface area contributed by atoms with Crippen LogP contribution in [0.15, 0.2) is 0 Å². The van der Waals surface area contributed by atoms with E-state index in [0.29, 0.717) is 19.8 Å². The van der Waals surface area contributed by atoms with E-state index < -0.39 is 0 Å². The fraction of sp³-hybridized carbons (Fsp3) is 0.938. The van der Waals surface area contributed by atoms with Crippen LogP contribution >= 0.6 is 0 Å². The minimum atomic E-state index is -0.243. The van der Waals surface area contributed by atoms with Gasteiger partial charge in [-0.05, 0) is 25.8 Å². The fourth-order valence-corrected chi connectivity index (χ4v) is 3.79. The van der Waals surface area contributed by atoms with Crippen molar-refractivity contribution in [3.05, 3.63) is 0 Å².